The molecule has 1 atom stereocenters. The van der Waals surface area contributed by atoms with Crippen LogP contribution in [0.2, 0.25) is 0 Å². The number of fused-ring (bicyclic) bond motifs is 5. The number of hydrogen-bond acceptors (Lipinski definition) is 8. The van der Waals surface area contributed by atoms with Crippen LogP contribution in [-0.4, -0.2) is 43.1 Å². The normalized spacial score (nSPS) is 17.1. The van der Waals surface area contributed by atoms with Crippen molar-refractivity contribution in [1.29, 1.82) is 0 Å². The van der Waals surface area contributed by atoms with Gasteiger partial charge in [0, 0.05) is 22.7 Å². The van der Waals surface area contributed by atoms with E-state index in [2.05, 4.69) is 24.0 Å². The number of benzene rings is 2. The topological polar surface area (TPSA) is 72.6 Å². The van der Waals surface area contributed by atoms with Crippen LogP contribution in [0.25, 0.3) is 15.9 Å². The average Bonchev–Trinajstić information content (AvgIpc) is 3.53. The summed E-state index contributed by atoms with van der Waals surface area (Å²) in [5.41, 5.74) is 3.53. The van der Waals surface area contributed by atoms with Gasteiger partial charge >= 0.3 is 0 Å². The first-order chi connectivity index (χ1) is 18.5. The molecule has 7 nitrogen and oxygen atoms in total. The third-order valence-electron chi connectivity index (χ3n) is 6.95. The first kappa shape index (κ1) is 25.4. The summed E-state index contributed by atoms with van der Waals surface area (Å²) >= 11 is 4.63. The van der Waals surface area contributed by atoms with E-state index in [0.29, 0.717) is 11.8 Å². The number of nitrogens with zero attached hydrogens (tertiary/aromatic N) is 5. The molecular formula is C28H27N5O2S3. The summed E-state index contributed by atoms with van der Waals surface area (Å²) in [6, 6.07) is 19.4. The van der Waals surface area contributed by atoms with Gasteiger partial charge in [-0.25, -0.2) is 9.38 Å². The van der Waals surface area contributed by atoms with Crippen LogP contribution in [0.5, 0.6) is 0 Å². The Balaban J connectivity index is 1.36. The van der Waals surface area contributed by atoms with Gasteiger partial charge in [-0.15, -0.1) is 21.5 Å². The smallest absolute Gasteiger partial charge is 0.242 e. The number of thioether (sulfide) groups is 2. The third kappa shape index (κ3) is 4.49. The number of rotatable bonds is 7. The number of aromatic nitrogens is 4. The molecule has 0 spiro atoms. The van der Waals surface area contributed by atoms with E-state index in [4.69, 9.17) is 9.72 Å². The average molecular weight is 562 g/mol. The Morgan fingerprint density at radius 2 is 1.76 bits per heavy atom. The fourth-order valence-electron chi connectivity index (χ4n) is 4.76. The lowest BCUT2D eigenvalue weighted by molar-refractivity contribution is -0.115. The van der Waals surface area contributed by atoms with Crippen molar-refractivity contribution in [2.24, 2.45) is 0 Å². The lowest BCUT2D eigenvalue weighted by Crippen LogP contribution is -2.33. The fourth-order valence-corrected chi connectivity index (χ4v) is 7.29. The van der Waals surface area contributed by atoms with Gasteiger partial charge in [0.25, 0.3) is 0 Å². The Morgan fingerprint density at radius 1 is 1.08 bits per heavy atom. The Hall–Kier alpha value is -2.92. The van der Waals surface area contributed by atoms with Crippen molar-refractivity contribution in [3.63, 3.8) is 0 Å². The predicted molar refractivity (Wildman–Crippen MR) is 156 cm³/mol. The second-order valence-corrected chi connectivity index (χ2v) is 12.2. The van der Waals surface area contributed by atoms with Crippen molar-refractivity contribution in [2.45, 2.75) is 49.2 Å². The third-order valence-corrected chi connectivity index (χ3v) is 9.61. The molecule has 1 aliphatic rings. The summed E-state index contributed by atoms with van der Waals surface area (Å²) in [5, 5.41) is 11.7. The Kier molecular flexibility index (Phi) is 6.90. The minimum absolute atomic E-state index is 0.0346. The molecule has 10 heteroatoms. The molecule has 194 valence electrons. The molecular weight excluding hydrogens is 535 g/mol. The van der Waals surface area contributed by atoms with E-state index in [-0.39, 0.29) is 17.3 Å². The van der Waals surface area contributed by atoms with Crippen LogP contribution in [-0.2, 0) is 22.6 Å². The molecule has 3 aromatic heterocycles. The highest BCUT2D eigenvalue weighted by Gasteiger charge is 2.33. The fraction of sp³-hybridized carbons (Fsp3) is 0.286. The van der Waals surface area contributed by atoms with E-state index >= 15 is 0 Å². The lowest BCUT2D eigenvalue weighted by atomic mass is 9.90. The molecule has 1 aliphatic heterocycles. The Morgan fingerprint density at radius 3 is 2.39 bits per heavy atom. The van der Waals surface area contributed by atoms with Crippen LogP contribution >= 0.6 is 34.9 Å². The van der Waals surface area contributed by atoms with Crippen LogP contribution in [0.1, 0.15) is 30.7 Å². The van der Waals surface area contributed by atoms with Gasteiger partial charge in [-0.2, -0.15) is 0 Å². The molecule has 38 heavy (non-hydrogen) atoms. The zero-order valence-corrected chi connectivity index (χ0v) is 23.8. The maximum absolute atomic E-state index is 13.6. The molecule has 1 unspecified atom stereocenters. The standard InChI is InChI=1S/C28H27N5O2S3/c1-4-28(2)15-20-21(16-35-28)38-25-23(20)24-30-31-27(33(24)26(29-25)36-3)37-17-22(34)32(18-11-7-5-8-12-18)19-13-9-6-10-14-19/h5-14H,4,15-17H2,1-3H3. The summed E-state index contributed by atoms with van der Waals surface area (Å²) in [4.78, 5) is 22.5. The highest BCUT2D eigenvalue weighted by molar-refractivity contribution is 8.00. The maximum atomic E-state index is 13.6. The van der Waals surface area contributed by atoms with Gasteiger partial charge in [0.1, 0.15) is 4.83 Å². The molecule has 0 N–H and O–H groups in total. The Labute approximate surface area is 233 Å². The minimum atomic E-state index is -0.196. The summed E-state index contributed by atoms with van der Waals surface area (Å²) in [5.74, 6) is 0.174. The first-order valence-corrected chi connectivity index (χ1v) is 15.5. The summed E-state index contributed by atoms with van der Waals surface area (Å²) < 4.78 is 8.20. The summed E-state index contributed by atoms with van der Waals surface area (Å²) in [6.07, 6.45) is 3.77. The van der Waals surface area contributed by atoms with Gasteiger partial charge in [0.05, 0.1) is 23.3 Å². The number of para-hydroxylation sites is 2. The van der Waals surface area contributed by atoms with E-state index in [1.165, 1.54) is 22.2 Å². The molecule has 2 aromatic carbocycles. The Bertz CT molecular complexity index is 1580. The molecule has 0 saturated carbocycles. The molecule has 0 saturated heterocycles. The summed E-state index contributed by atoms with van der Waals surface area (Å²) in [6.45, 7) is 4.93. The number of ether oxygens (including phenoxy) is 1. The maximum Gasteiger partial charge on any atom is 0.242 e. The molecule has 6 rings (SSSR count). The molecule has 1 amide bonds. The number of amides is 1. The number of carbonyl (C=O) groups excluding carboxylic acids is 1. The first-order valence-electron chi connectivity index (χ1n) is 12.4. The zero-order valence-electron chi connectivity index (χ0n) is 21.4. The molecule has 0 radical (unpaired) electrons. The number of carbonyl (C=O) groups is 1. The van der Waals surface area contributed by atoms with Gasteiger partial charge in [-0.1, -0.05) is 66.8 Å². The largest absolute Gasteiger partial charge is 0.369 e. The zero-order chi connectivity index (χ0) is 26.3. The van der Waals surface area contributed by atoms with Gasteiger partial charge in [0.15, 0.2) is 16.0 Å². The van der Waals surface area contributed by atoms with Gasteiger partial charge < -0.3 is 4.74 Å². The van der Waals surface area contributed by atoms with E-state index < -0.39 is 0 Å². The van der Waals surface area contributed by atoms with E-state index in [9.17, 15) is 4.79 Å². The van der Waals surface area contributed by atoms with E-state index in [1.807, 2.05) is 71.3 Å². The van der Waals surface area contributed by atoms with Crippen molar-refractivity contribution in [2.75, 3.05) is 16.9 Å². The van der Waals surface area contributed by atoms with Crippen LogP contribution in [0.15, 0.2) is 71.0 Å². The predicted octanol–water partition coefficient (Wildman–Crippen LogP) is 6.76. The monoisotopic (exact) mass is 561 g/mol. The van der Waals surface area contributed by atoms with Crippen LogP contribution in [0.3, 0.4) is 0 Å². The van der Waals surface area contributed by atoms with E-state index in [0.717, 1.165) is 45.2 Å². The number of thiophene rings is 1. The van der Waals surface area contributed by atoms with Crippen LogP contribution in [0.4, 0.5) is 11.4 Å². The second-order valence-electron chi connectivity index (χ2n) is 9.38. The quantitative estimate of drug-likeness (QED) is 0.161. The van der Waals surface area contributed by atoms with E-state index in [1.54, 1.807) is 28.0 Å². The van der Waals surface area contributed by atoms with Crippen molar-refractivity contribution in [1.82, 2.24) is 19.6 Å². The summed E-state index contributed by atoms with van der Waals surface area (Å²) in [7, 11) is 0. The second kappa shape index (κ2) is 10.3. The highest BCUT2D eigenvalue weighted by atomic mass is 32.2. The van der Waals surface area contributed by atoms with Crippen LogP contribution < -0.4 is 4.90 Å². The molecule has 0 fully saturated rings. The SMILES string of the molecule is CCC1(C)Cc2c(sc3nc(SC)n4c(SCC(=O)N(c5ccccc5)c5ccccc5)nnc4c23)CO1. The van der Waals surface area contributed by atoms with Crippen LogP contribution in [0, 0.1) is 0 Å². The number of anilines is 2. The molecule has 0 bridgehead atoms. The highest BCUT2D eigenvalue weighted by Crippen LogP contribution is 2.42. The van der Waals surface area contributed by atoms with Gasteiger partial charge in [-0.3, -0.25) is 9.69 Å². The van der Waals surface area contributed by atoms with Crippen molar-refractivity contribution in [3.05, 3.63) is 71.1 Å². The van der Waals surface area contributed by atoms with Gasteiger partial charge in [-0.05, 0) is 49.4 Å². The molecule has 4 heterocycles. The number of hydrogen-bond donors (Lipinski definition) is 0. The van der Waals surface area contributed by atoms with Crippen molar-refractivity contribution < 1.29 is 9.53 Å². The lowest BCUT2D eigenvalue weighted by Gasteiger charge is -2.33. The van der Waals surface area contributed by atoms with Crippen molar-refractivity contribution in [3.8, 4) is 0 Å². The minimum Gasteiger partial charge on any atom is -0.369 e. The van der Waals surface area contributed by atoms with Gasteiger partial charge in [0.2, 0.25) is 5.91 Å². The molecule has 5 aromatic rings. The molecule has 0 aliphatic carbocycles. The van der Waals surface area contributed by atoms with Crippen molar-refractivity contribution >= 4 is 68.0 Å².